The van der Waals surface area contributed by atoms with E-state index < -0.39 is 0 Å². The van der Waals surface area contributed by atoms with E-state index in [1.54, 1.807) is 0 Å². The number of aryl methyl sites for hydroxylation is 1. The molecule has 18 heavy (non-hydrogen) atoms. The quantitative estimate of drug-likeness (QED) is 0.623. The summed E-state index contributed by atoms with van der Waals surface area (Å²) in [6, 6.07) is 17.9. The van der Waals surface area contributed by atoms with Gasteiger partial charge in [0.05, 0.1) is 0 Å². The van der Waals surface area contributed by atoms with Gasteiger partial charge < -0.3 is 0 Å². The van der Waals surface area contributed by atoms with Gasteiger partial charge in [0.15, 0.2) is 5.43 Å². The highest BCUT2D eigenvalue weighted by Gasteiger charge is 2.02. The van der Waals surface area contributed by atoms with Crippen molar-refractivity contribution in [3.63, 3.8) is 0 Å². The topological polar surface area (TPSA) is 17.1 Å². The van der Waals surface area contributed by atoms with Gasteiger partial charge in [-0.25, -0.2) is 0 Å². The Labute approximate surface area is 106 Å². The minimum absolute atomic E-state index is 0.119. The molecule has 1 nitrogen and oxygen atoms in total. The van der Waals surface area contributed by atoms with Gasteiger partial charge in [0.2, 0.25) is 0 Å². The van der Waals surface area contributed by atoms with Crippen LogP contribution in [0.4, 0.5) is 0 Å². The van der Waals surface area contributed by atoms with Crippen LogP contribution in [0.5, 0.6) is 0 Å². The van der Waals surface area contributed by atoms with Crippen LogP contribution in [0.25, 0.3) is 21.5 Å². The molecule has 0 N–H and O–H groups in total. The van der Waals surface area contributed by atoms with E-state index in [1.165, 1.54) is 5.56 Å². The largest absolute Gasteiger partial charge is 0.289 e. The number of hydrogen-bond acceptors (Lipinski definition) is 1. The molecule has 0 spiro atoms. The fourth-order valence-electron chi connectivity index (χ4n) is 2.35. The predicted molar refractivity (Wildman–Crippen MR) is 77.1 cm³/mol. The molecule has 0 aliphatic rings. The highest BCUT2D eigenvalue weighted by Crippen LogP contribution is 2.16. The number of rotatable bonds is 1. The van der Waals surface area contributed by atoms with E-state index in [4.69, 9.17) is 0 Å². The Hall–Kier alpha value is -2.15. The smallest absolute Gasteiger partial charge is 0.194 e. The van der Waals surface area contributed by atoms with Crippen LogP contribution in [0.15, 0.2) is 59.4 Å². The van der Waals surface area contributed by atoms with Crippen molar-refractivity contribution in [1.29, 1.82) is 0 Å². The molecule has 3 rings (SSSR count). The molecule has 0 fully saturated rings. The third-order valence-corrected chi connectivity index (χ3v) is 3.42. The van der Waals surface area contributed by atoms with Crippen molar-refractivity contribution in [2.75, 3.05) is 0 Å². The second-order valence-corrected chi connectivity index (χ2v) is 4.52. The Bertz CT molecular complexity index is 788. The summed E-state index contributed by atoms with van der Waals surface area (Å²) < 4.78 is 0. The third kappa shape index (κ3) is 1.68. The van der Waals surface area contributed by atoms with Crippen LogP contribution in [-0.4, -0.2) is 0 Å². The standard InChI is InChI=1S/C17H14O/c1-2-12-7-10-16-14(11-12)9-8-13-5-3-4-6-15(13)17(16)18/h3-11H,2H2,1H3. The first-order valence-electron chi connectivity index (χ1n) is 6.24. The van der Waals surface area contributed by atoms with Gasteiger partial charge in [0.25, 0.3) is 0 Å². The molecule has 3 aromatic rings. The van der Waals surface area contributed by atoms with Crippen molar-refractivity contribution < 1.29 is 0 Å². The van der Waals surface area contributed by atoms with Crippen LogP contribution in [-0.2, 0) is 6.42 Å². The van der Waals surface area contributed by atoms with Crippen LogP contribution < -0.4 is 5.43 Å². The molecule has 0 saturated carbocycles. The van der Waals surface area contributed by atoms with Gasteiger partial charge in [-0.15, -0.1) is 0 Å². The molecule has 0 unspecified atom stereocenters. The molecule has 0 saturated heterocycles. The van der Waals surface area contributed by atoms with Crippen molar-refractivity contribution in [3.8, 4) is 0 Å². The van der Waals surface area contributed by atoms with Gasteiger partial charge in [0, 0.05) is 10.8 Å². The molecule has 0 aromatic heterocycles. The van der Waals surface area contributed by atoms with Gasteiger partial charge in [-0.3, -0.25) is 4.79 Å². The zero-order valence-electron chi connectivity index (χ0n) is 10.3. The third-order valence-electron chi connectivity index (χ3n) is 3.42. The highest BCUT2D eigenvalue weighted by molar-refractivity contribution is 5.93. The zero-order chi connectivity index (χ0) is 12.5. The maximum Gasteiger partial charge on any atom is 0.194 e. The Morgan fingerprint density at radius 2 is 1.56 bits per heavy atom. The molecule has 0 heterocycles. The van der Waals surface area contributed by atoms with Crippen LogP contribution in [0.2, 0.25) is 0 Å². The minimum atomic E-state index is 0.119. The van der Waals surface area contributed by atoms with Gasteiger partial charge in [-0.2, -0.15) is 0 Å². The summed E-state index contributed by atoms with van der Waals surface area (Å²) >= 11 is 0. The normalized spacial score (nSPS) is 10.9. The molecule has 0 atom stereocenters. The van der Waals surface area contributed by atoms with E-state index in [1.807, 2.05) is 48.5 Å². The van der Waals surface area contributed by atoms with E-state index in [0.29, 0.717) is 0 Å². The van der Waals surface area contributed by atoms with Gasteiger partial charge in [-0.05, 0) is 22.8 Å². The molecular formula is C17H14O. The average Bonchev–Trinajstić information content (AvgIpc) is 2.57. The highest BCUT2D eigenvalue weighted by atomic mass is 16.1. The maximum atomic E-state index is 12.5. The molecule has 1 heteroatoms. The first kappa shape index (κ1) is 11.0. The molecule has 0 radical (unpaired) electrons. The second-order valence-electron chi connectivity index (χ2n) is 4.52. The van der Waals surface area contributed by atoms with E-state index in [9.17, 15) is 4.79 Å². The lowest BCUT2D eigenvalue weighted by molar-refractivity contribution is 1.15. The zero-order valence-corrected chi connectivity index (χ0v) is 10.3. The van der Waals surface area contributed by atoms with Crippen LogP contribution >= 0.6 is 0 Å². The Morgan fingerprint density at radius 3 is 2.39 bits per heavy atom. The number of benzene rings is 2. The molecule has 0 amide bonds. The number of hydrogen-bond donors (Lipinski definition) is 0. The molecule has 0 aliphatic heterocycles. The van der Waals surface area contributed by atoms with Crippen LogP contribution in [0.3, 0.4) is 0 Å². The molecular weight excluding hydrogens is 220 g/mol. The maximum absolute atomic E-state index is 12.5. The second kappa shape index (κ2) is 4.26. The first-order valence-corrected chi connectivity index (χ1v) is 6.24. The first-order chi connectivity index (χ1) is 8.79. The Kier molecular flexibility index (Phi) is 2.60. The van der Waals surface area contributed by atoms with Gasteiger partial charge >= 0.3 is 0 Å². The Balaban J connectivity index is 2.53. The predicted octanol–water partition coefficient (Wildman–Crippen LogP) is 3.92. The fourth-order valence-corrected chi connectivity index (χ4v) is 2.35. The minimum Gasteiger partial charge on any atom is -0.289 e. The SMILES string of the molecule is CCc1ccc2c(=O)c3ccccc3ccc2c1. The van der Waals surface area contributed by atoms with E-state index in [2.05, 4.69) is 13.0 Å². The molecule has 0 aliphatic carbocycles. The molecule has 0 bridgehead atoms. The lowest BCUT2D eigenvalue weighted by Crippen LogP contribution is -1.98. The van der Waals surface area contributed by atoms with Crippen molar-refractivity contribution in [2.45, 2.75) is 13.3 Å². The van der Waals surface area contributed by atoms with Crippen LogP contribution in [0.1, 0.15) is 12.5 Å². The monoisotopic (exact) mass is 234 g/mol. The summed E-state index contributed by atoms with van der Waals surface area (Å²) in [5.41, 5.74) is 1.38. The van der Waals surface area contributed by atoms with E-state index in [-0.39, 0.29) is 5.43 Å². The van der Waals surface area contributed by atoms with Gasteiger partial charge in [0.1, 0.15) is 0 Å². The van der Waals surface area contributed by atoms with E-state index >= 15 is 0 Å². The van der Waals surface area contributed by atoms with Crippen molar-refractivity contribution in [2.24, 2.45) is 0 Å². The average molecular weight is 234 g/mol. The molecule has 88 valence electrons. The Morgan fingerprint density at radius 1 is 0.833 bits per heavy atom. The summed E-state index contributed by atoms with van der Waals surface area (Å²) in [7, 11) is 0. The molecule has 3 aromatic carbocycles. The summed E-state index contributed by atoms with van der Waals surface area (Å²) in [5, 5.41) is 3.61. The summed E-state index contributed by atoms with van der Waals surface area (Å²) in [6.45, 7) is 2.12. The van der Waals surface area contributed by atoms with Crippen LogP contribution in [0, 0.1) is 0 Å². The van der Waals surface area contributed by atoms with Gasteiger partial charge in [-0.1, -0.05) is 61.5 Å². The summed E-state index contributed by atoms with van der Waals surface area (Å²) in [6.07, 6.45) is 0.988. The van der Waals surface area contributed by atoms with Crippen molar-refractivity contribution in [3.05, 3.63) is 70.4 Å². The summed E-state index contributed by atoms with van der Waals surface area (Å²) in [5.74, 6) is 0. The van der Waals surface area contributed by atoms with Crippen molar-refractivity contribution >= 4 is 21.5 Å². The fraction of sp³-hybridized carbons (Fsp3) is 0.118. The lowest BCUT2D eigenvalue weighted by Gasteiger charge is -1.97. The lowest BCUT2D eigenvalue weighted by atomic mass is 10.1. The van der Waals surface area contributed by atoms with Crippen molar-refractivity contribution in [1.82, 2.24) is 0 Å². The number of fused-ring (bicyclic) bond motifs is 2. The summed E-state index contributed by atoms with van der Waals surface area (Å²) in [4.78, 5) is 12.5. The van der Waals surface area contributed by atoms with E-state index in [0.717, 1.165) is 28.0 Å².